The van der Waals surface area contributed by atoms with E-state index >= 15 is 0 Å². The van der Waals surface area contributed by atoms with Crippen LogP contribution in [-0.2, 0) is 16.0 Å². The number of hydrogen-bond acceptors (Lipinski definition) is 3. The summed E-state index contributed by atoms with van der Waals surface area (Å²) in [5, 5.41) is 2.91. The third-order valence-corrected chi connectivity index (χ3v) is 5.22. The van der Waals surface area contributed by atoms with Crippen LogP contribution in [0, 0.1) is 12.8 Å². The van der Waals surface area contributed by atoms with Gasteiger partial charge in [-0.1, -0.05) is 64.8 Å². The molecule has 2 aromatic rings. The van der Waals surface area contributed by atoms with Crippen LogP contribution in [0.15, 0.2) is 53.0 Å². The van der Waals surface area contributed by atoms with Gasteiger partial charge in [-0.3, -0.25) is 4.79 Å². The summed E-state index contributed by atoms with van der Waals surface area (Å²) in [6, 6.07) is 15.4. The summed E-state index contributed by atoms with van der Waals surface area (Å²) in [6.07, 6.45) is 0.570. The van der Waals surface area contributed by atoms with Gasteiger partial charge in [-0.2, -0.15) is 0 Å². The van der Waals surface area contributed by atoms with E-state index in [-0.39, 0.29) is 11.7 Å². The molecule has 0 aliphatic rings. The molecule has 0 heterocycles. The Morgan fingerprint density at radius 1 is 1.03 bits per heavy atom. The molecule has 0 aromatic heterocycles. The fraction of sp³-hybridized carbons (Fsp3) is 0.417. The Bertz CT molecular complexity index is 823. The number of rotatable bonds is 7. The highest BCUT2D eigenvalue weighted by Crippen LogP contribution is 2.26. The van der Waals surface area contributed by atoms with Crippen LogP contribution in [0.3, 0.4) is 0 Å². The molecule has 2 atom stereocenters. The van der Waals surface area contributed by atoms with Gasteiger partial charge in [0.2, 0.25) is 0 Å². The summed E-state index contributed by atoms with van der Waals surface area (Å²) in [5.41, 5.74) is 2.53. The number of benzene rings is 2. The molecule has 0 aliphatic carbocycles. The van der Waals surface area contributed by atoms with Gasteiger partial charge in [0.1, 0.15) is 11.4 Å². The average Bonchev–Trinajstić information content (AvgIpc) is 2.64. The molecule has 0 fully saturated rings. The molecule has 0 aliphatic heterocycles. The summed E-state index contributed by atoms with van der Waals surface area (Å²) in [6.45, 7) is 9.33. The van der Waals surface area contributed by atoms with Crippen LogP contribution in [0.1, 0.15) is 56.8 Å². The normalized spacial score (nSPS) is 13.4. The largest absolute Gasteiger partial charge is 0.444 e. The van der Waals surface area contributed by atoms with E-state index < -0.39 is 17.7 Å². The number of carbonyl (C=O) groups is 2. The average molecular weight is 460 g/mol. The highest BCUT2D eigenvalue weighted by molar-refractivity contribution is 9.10. The summed E-state index contributed by atoms with van der Waals surface area (Å²) in [7, 11) is 0. The van der Waals surface area contributed by atoms with Gasteiger partial charge in [0, 0.05) is 16.8 Å². The van der Waals surface area contributed by atoms with E-state index in [1.54, 1.807) is 0 Å². The number of ketones is 1. The van der Waals surface area contributed by atoms with Crippen LogP contribution in [0.4, 0.5) is 4.79 Å². The third kappa shape index (κ3) is 7.65. The fourth-order valence-corrected chi connectivity index (χ4v) is 3.30. The first-order valence-electron chi connectivity index (χ1n) is 9.88. The van der Waals surface area contributed by atoms with E-state index in [0.29, 0.717) is 12.8 Å². The van der Waals surface area contributed by atoms with Crippen molar-refractivity contribution < 1.29 is 14.3 Å². The molecule has 2 rings (SSSR count). The number of nitrogens with one attached hydrogen (secondary N) is 1. The first-order chi connectivity index (χ1) is 13.5. The maximum absolute atomic E-state index is 12.9. The molecule has 1 amide bonds. The van der Waals surface area contributed by atoms with Crippen molar-refractivity contribution in [3.05, 3.63) is 69.7 Å². The third-order valence-electron chi connectivity index (χ3n) is 4.69. The second-order valence-corrected chi connectivity index (χ2v) is 9.33. The van der Waals surface area contributed by atoms with E-state index in [9.17, 15) is 9.59 Å². The molecular formula is C24H30BrNO3. The number of aryl methyl sites for hydroxylation is 2. The fourth-order valence-electron chi connectivity index (χ4n) is 3.04. The van der Waals surface area contributed by atoms with Crippen molar-refractivity contribution in [1.29, 1.82) is 0 Å². The Morgan fingerprint density at radius 3 is 2.17 bits per heavy atom. The molecule has 2 aromatic carbocycles. The summed E-state index contributed by atoms with van der Waals surface area (Å²) in [4.78, 5) is 25.3. The van der Waals surface area contributed by atoms with E-state index in [1.807, 2.05) is 83.1 Å². The van der Waals surface area contributed by atoms with Gasteiger partial charge in [0.25, 0.3) is 0 Å². The van der Waals surface area contributed by atoms with Crippen molar-refractivity contribution in [3.8, 4) is 0 Å². The monoisotopic (exact) mass is 459 g/mol. The van der Waals surface area contributed by atoms with Gasteiger partial charge in [0.05, 0.1) is 6.04 Å². The zero-order valence-electron chi connectivity index (χ0n) is 17.8. The van der Waals surface area contributed by atoms with Crippen LogP contribution >= 0.6 is 15.9 Å². The van der Waals surface area contributed by atoms with Crippen molar-refractivity contribution in [1.82, 2.24) is 5.32 Å². The van der Waals surface area contributed by atoms with E-state index in [2.05, 4.69) is 21.2 Å². The van der Waals surface area contributed by atoms with Gasteiger partial charge in [-0.15, -0.1) is 0 Å². The van der Waals surface area contributed by atoms with Gasteiger partial charge in [-0.25, -0.2) is 4.79 Å². The van der Waals surface area contributed by atoms with Crippen molar-refractivity contribution in [2.75, 3.05) is 0 Å². The Balaban J connectivity index is 2.12. The highest BCUT2D eigenvalue weighted by atomic mass is 79.9. The van der Waals surface area contributed by atoms with E-state index in [4.69, 9.17) is 4.74 Å². The number of halogens is 1. The lowest BCUT2D eigenvalue weighted by Crippen LogP contribution is -2.39. The lowest BCUT2D eigenvalue weighted by molar-refractivity contribution is -0.123. The topological polar surface area (TPSA) is 55.4 Å². The predicted octanol–water partition coefficient (Wildman–Crippen LogP) is 6.16. The maximum Gasteiger partial charge on any atom is 0.408 e. The van der Waals surface area contributed by atoms with E-state index in [1.165, 1.54) is 0 Å². The Morgan fingerprint density at radius 2 is 1.62 bits per heavy atom. The number of hydrogen-bond donors (Lipinski definition) is 1. The number of amides is 1. The minimum atomic E-state index is -0.600. The molecule has 156 valence electrons. The van der Waals surface area contributed by atoms with Crippen molar-refractivity contribution >= 4 is 27.8 Å². The molecule has 4 nitrogen and oxygen atoms in total. The maximum atomic E-state index is 12.9. The minimum Gasteiger partial charge on any atom is -0.444 e. The Labute approximate surface area is 182 Å². The lowest BCUT2D eigenvalue weighted by Gasteiger charge is -2.27. The molecular weight excluding hydrogens is 430 g/mol. The Kier molecular flexibility index (Phi) is 8.03. The molecule has 5 heteroatoms. The van der Waals surface area contributed by atoms with E-state index in [0.717, 1.165) is 21.2 Å². The molecule has 0 spiro atoms. The smallest absolute Gasteiger partial charge is 0.408 e. The highest BCUT2D eigenvalue weighted by Gasteiger charge is 2.28. The lowest BCUT2D eigenvalue weighted by atomic mass is 9.88. The summed E-state index contributed by atoms with van der Waals surface area (Å²) in [5.74, 6) is -0.268. The van der Waals surface area contributed by atoms with Crippen molar-refractivity contribution in [3.63, 3.8) is 0 Å². The van der Waals surface area contributed by atoms with Crippen LogP contribution in [0.25, 0.3) is 0 Å². The van der Waals surface area contributed by atoms with Gasteiger partial charge in [0.15, 0.2) is 0 Å². The molecule has 1 N–H and O–H groups in total. The minimum absolute atomic E-state index is 0.106. The summed E-state index contributed by atoms with van der Waals surface area (Å²) >= 11 is 3.42. The standard InChI is InChI=1S/C24H30BrNO3/c1-16-6-11-19(12-7-16)22(26-23(28)29-24(3,4)5)17(2)21(27)15-10-18-8-13-20(25)14-9-18/h6-9,11-14,17,22H,10,15H2,1-5H3,(H,26,28). The molecule has 0 saturated carbocycles. The molecule has 2 unspecified atom stereocenters. The SMILES string of the molecule is Cc1ccc(C(NC(=O)OC(C)(C)C)C(C)C(=O)CCc2ccc(Br)cc2)cc1. The molecule has 29 heavy (non-hydrogen) atoms. The van der Waals surface area contributed by atoms with Crippen LogP contribution in [-0.4, -0.2) is 17.5 Å². The van der Waals surface area contributed by atoms with Crippen molar-refractivity contribution in [2.24, 2.45) is 5.92 Å². The second-order valence-electron chi connectivity index (χ2n) is 8.42. The predicted molar refractivity (Wildman–Crippen MR) is 120 cm³/mol. The zero-order valence-corrected chi connectivity index (χ0v) is 19.4. The number of alkyl carbamates (subject to hydrolysis) is 1. The summed E-state index contributed by atoms with van der Waals surface area (Å²) < 4.78 is 6.43. The second kappa shape index (κ2) is 10.1. The Hall–Kier alpha value is -2.14. The van der Waals surface area contributed by atoms with Gasteiger partial charge in [-0.05, 0) is 57.4 Å². The van der Waals surface area contributed by atoms with Gasteiger partial charge < -0.3 is 10.1 Å². The van der Waals surface area contributed by atoms with Crippen LogP contribution < -0.4 is 5.32 Å². The molecule has 0 bridgehead atoms. The number of Topliss-reactive ketones (excluding diaryl/α,β-unsaturated/α-hetero) is 1. The number of carbonyl (C=O) groups excluding carboxylic acids is 2. The quantitative estimate of drug-likeness (QED) is 0.538. The molecule has 0 radical (unpaired) electrons. The zero-order chi connectivity index (χ0) is 21.6. The van der Waals surface area contributed by atoms with Gasteiger partial charge >= 0.3 is 6.09 Å². The first-order valence-corrected chi connectivity index (χ1v) is 10.7. The molecule has 0 saturated heterocycles. The first kappa shape index (κ1) is 23.1. The van der Waals surface area contributed by atoms with Crippen LogP contribution in [0.2, 0.25) is 0 Å². The number of ether oxygens (including phenoxy) is 1. The van der Waals surface area contributed by atoms with Crippen molar-refractivity contribution in [2.45, 2.75) is 59.1 Å². The van der Waals surface area contributed by atoms with Crippen LogP contribution in [0.5, 0.6) is 0 Å².